The molecular weight excluding hydrogens is 483 g/mol. The Labute approximate surface area is 215 Å². The highest BCUT2D eigenvalue weighted by Crippen LogP contribution is 2.31. The quantitative estimate of drug-likeness (QED) is 0.334. The Kier molecular flexibility index (Phi) is 10.2. The van der Waals surface area contributed by atoms with Gasteiger partial charge in [-0.25, -0.2) is 14.0 Å². The second-order valence-electron chi connectivity index (χ2n) is 9.59. The first-order chi connectivity index (χ1) is 17.3. The summed E-state index contributed by atoms with van der Waals surface area (Å²) in [6.45, 7) is 7.27. The molecule has 200 valence electrons. The summed E-state index contributed by atoms with van der Waals surface area (Å²) in [7, 11) is 1.40. The molecule has 10 heteroatoms. The molecule has 2 aromatic carbocycles. The highest BCUT2D eigenvalue weighted by molar-refractivity contribution is 6.07. The summed E-state index contributed by atoms with van der Waals surface area (Å²) >= 11 is 0. The van der Waals surface area contributed by atoms with Gasteiger partial charge in [-0.05, 0) is 66.1 Å². The molecule has 2 amide bonds. The minimum Gasteiger partial charge on any atom is -0.497 e. The van der Waals surface area contributed by atoms with E-state index in [1.165, 1.54) is 25.3 Å². The molecular formula is C27H33FN2O7. The van der Waals surface area contributed by atoms with Crippen molar-refractivity contribution in [3.8, 4) is 16.9 Å². The van der Waals surface area contributed by atoms with Crippen molar-refractivity contribution >= 4 is 23.8 Å². The highest BCUT2D eigenvalue weighted by Gasteiger charge is 2.27. The molecule has 0 aliphatic heterocycles. The average Bonchev–Trinajstić information content (AvgIpc) is 2.82. The Morgan fingerprint density at radius 3 is 1.62 bits per heavy atom. The van der Waals surface area contributed by atoms with Crippen molar-refractivity contribution in [1.29, 1.82) is 0 Å². The third-order valence-electron chi connectivity index (χ3n) is 5.61. The smallest absolute Gasteiger partial charge is 0.326 e. The van der Waals surface area contributed by atoms with Gasteiger partial charge in [0.25, 0.3) is 11.8 Å². The van der Waals surface area contributed by atoms with Crippen LogP contribution in [0.1, 0.15) is 61.3 Å². The van der Waals surface area contributed by atoms with Crippen LogP contribution >= 0.6 is 0 Å². The van der Waals surface area contributed by atoms with Gasteiger partial charge in [-0.3, -0.25) is 9.59 Å². The molecule has 0 heterocycles. The van der Waals surface area contributed by atoms with Gasteiger partial charge in [-0.15, -0.1) is 0 Å². The fourth-order valence-electron chi connectivity index (χ4n) is 3.87. The van der Waals surface area contributed by atoms with Gasteiger partial charge >= 0.3 is 11.9 Å². The van der Waals surface area contributed by atoms with E-state index in [2.05, 4.69) is 10.6 Å². The van der Waals surface area contributed by atoms with Gasteiger partial charge in [-0.1, -0.05) is 33.8 Å². The molecule has 0 fully saturated rings. The van der Waals surface area contributed by atoms with E-state index in [4.69, 9.17) is 4.74 Å². The Balaban J connectivity index is 2.58. The van der Waals surface area contributed by atoms with Gasteiger partial charge in [-0.2, -0.15) is 0 Å². The number of ether oxygens (including phenoxy) is 1. The van der Waals surface area contributed by atoms with Crippen LogP contribution in [0.15, 0.2) is 36.4 Å². The van der Waals surface area contributed by atoms with Crippen LogP contribution < -0.4 is 15.4 Å². The molecule has 0 saturated carbocycles. The fourth-order valence-corrected chi connectivity index (χ4v) is 3.87. The largest absolute Gasteiger partial charge is 0.497 e. The summed E-state index contributed by atoms with van der Waals surface area (Å²) in [5.74, 6) is -4.43. The Hall–Kier alpha value is -3.95. The first kappa shape index (κ1) is 29.3. The lowest BCUT2D eigenvalue weighted by Gasteiger charge is -2.20. The average molecular weight is 517 g/mol. The zero-order chi connectivity index (χ0) is 27.9. The predicted molar refractivity (Wildman–Crippen MR) is 135 cm³/mol. The minimum atomic E-state index is -1.23. The maximum Gasteiger partial charge on any atom is 0.326 e. The summed E-state index contributed by atoms with van der Waals surface area (Å²) in [5.41, 5.74) is 0.210. The van der Waals surface area contributed by atoms with Gasteiger partial charge in [0.1, 0.15) is 23.7 Å². The monoisotopic (exact) mass is 516 g/mol. The van der Waals surface area contributed by atoms with Gasteiger partial charge in [0, 0.05) is 0 Å². The molecule has 0 spiro atoms. The van der Waals surface area contributed by atoms with Gasteiger partial charge in [0.05, 0.1) is 18.2 Å². The third kappa shape index (κ3) is 8.03. The summed E-state index contributed by atoms with van der Waals surface area (Å²) in [5, 5.41) is 24.0. The number of carbonyl (C=O) groups is 4. The van der Waals surface area contributed by atoms with Gasteiger partial charge in [0.15, 0.2) is 0 Å². The van der Waals surface area contributed by atoms with E-state index >= 15 is 0 Å². The van der Waals surface area contributed by atoms with Crippen molar-refractivity contribution in [2.45, 2.75) is 52.6 Å². The molecule has 0 saturated heterocycles. The first-order valence-corrected chi connectivity index (χ1v) is 11.9. The molecule has 0 aliphatic carbocycles. The first-order valence-electron chi connectivity index (χ1n) is 11.9. The Morgan fingerprint density at radius 1 is 0.784 bits per heavy atom. The van der Waals surface area contributed by atoms with Crippen LogP contribution in [0, 0.1) is 17.7 Å². The summed E-state index contributed by atoms with van der Waals surface area (Å²) < 4.78 is 19.5. The van der Waals surface area contributed by atoms with Crippen LogP contribution in [0.4, 0.5) is 4.39 Å². The lowest BCUT2D eigenvalue weighted by Crippen LogP contribution is -2.42. The number of aliphatic carboxylic acids is 2. The number of hydrogen-bond acceptors (Lipinski definition) is 5. The number of carbonyl (C=O) groups excluding carboxylic acids is 2. The van der Waals surface area contributed by atoms with Crippen LogP contribution in [0.2, 0.25) is 0 Å². The number of carboxylic acid groups (broad SMARTS) is 2. The SMILES string of the molecule is COc1ccc(-c2ccc(F)cc2C(=O)NC(CC(C)C)C(=O)O)c(C(=O)NC(CC(C)C)C(=O)O)c1. The minimum absolute atomic E-state index is 0.00646. The van der Waals surface area contributed by atoms with Gasteiger partial charge < -0.3 is 25.6 Å². The molecule has 37 heavy (non-hydrogen) atoms. The number of methoxy groups -OCH3 is 1. The molecule has 2 atom stereocenters. The molecule has 0 aromatic heterocycles. The van der Waals surface area contributed by atoms with Crippen LogP contribution in [0.3, 0.4) is 0 Å². The number of hydrogen-bond donors (Lipinski definition) is 4. The lowest BCUT2D eigenvalue weighted by atomic mass is 9.93. The van der Waals surface area contributed by atoms with E-state index in [-0.39, 0.29) is 46.9 Å². The Morgan fingerprint density at radius 2 is 1.22 bits per heavy atom. The molecule has 0 radical (unpaired) electrons. The number of rotatable bonds is 12. The van der Waals surface area contributed by atoms with Crippen molar-refractivity contribution in [2.24, 2.45) is 11.8 Å². The van der Waals surface area contributed by atoms with E-state index in [0.717, 1.165) is 12.1 Å². The highest BCUT2D eigenvalue weighted by atomic mass is 19.1. The number of carboxylic acids is 2. The summed E-state index contributed by atoms with van der Waals surface area (Å²) in [4.78, 5) is 49.8. The van der Waals surface area contributed by atoms with E-state index in [9.17, 15) is 33.8 Å². The molecule has 0 aliphatic rings. The zero-order valence-electron chi connectivity index (χ0n) is 21.5. The number of halogens is 1. The van der Waals surface area contributed by atoms with E-state index in [1.807, 2.05) is 27.7 Å². The summed E-state index contributed by atoms with van der Waals surface area (Å²) in [6.07, 6.45) is 0.353. The fraction of sp³-hybridized carbons (Fsp3) is 0.407. The maximum absolute atomic E-state index is 14.2. The lowest BCUT2D eigenvalue weighted by molar-refractivity contribution is -0.140. The number of benzene rings is 2. The molecule has 2 rings (SSSR count). The topological polar surface area (TPSA) is 142 Å². The van der Waals surface area contributed by atoms with E-state index in [0.29, 0.717) is 5.75 Å². The molecule has 9 nitrogen and oxygen atoms in total. The van der Waals surface area contributed by atoms with Crippen molar-refractivity contribution in [2.75, 3.05) is 7.11 Å². The van der Waals surface area contributed by atoms with E-state index < -0.39 is 41.7 Å². The van der Waals surface area contributed by atoms with Crippen LogP contribution in [-0.2, 0) is 9.59 Å². The van der Waals surface area contributed by atoms with Crippen molar-refractivity contribution in [3.63, 3.8) is 0 Å². The van der Waals surface area contributed by atoms with Crippen LogP contribution in [0.25, 0.3) is 11.1 Å². The normalized spacial score (nSPS) is 12.6. The summed E-state index contributed by atoms with van der Waals surface area (Å²) in [6, 6.07) is 5.46. The van der Waals surface area contributed by atoms with Crippen LogP contribution in [-0.4, -0.2) is 53.2 Å². The zero-order valence-corrected chi connectivity index (χ0v) is 21.5. The molecule has 0 bridgehead atoms. The third-order valence-corrected chi connectivity index (χ3v) is 5.61. The van der Waals surface area contributed by atoms with E-state index in [1.54, 1.807) is 6.07 Å². The van der Waals surface area contributed by atoms with Crippen molar-refractivity contribution in [3.05, 3.63) is 53.3 Å². The van der Waals surface area contributed by atoms with Crippen molar-refractivity contribution < 1.29 is 38.5 Å². The van der Waals surface area contributed by atoms with Crippen molar-refractivity contribution in [1.82, 2.24) is 10.6 Å². The standard InChI is InChI=1S/C27H33FN2O7/c1-14(2)10-22(26(33)34)29-24(31)20-12-16(28)6-8-18(20)19-9-7-17(37-5)13-21(19)25(32)30-23(27(35)36)11-15(3)4/h6-9,12-15,22-23H,10-11H2,1-5H3,(H,29,31)(H,30,32)(H,33,34)(H,35,36). The van der Waals surface area contributed by atoms with Gasteiger partial charge in [0.2, 0.25) is 0 Å². The number of amides is 2. The second-order valence-corrected chi connectivity index (χ2v) is 9.59. The molecule has 2 unspecified atom stereocenters. The second kappa shape index (κ2) is 12.8. The predicted octanol–water partition coefficient (Wildman–Crippen LogP) is 3.96. The maximum atomic E-state index is 14.2. The van der Waals surface area contributed by atoms with Crippen LogP contribution in [0.5, 0.6) is 5.75 Å². The Bertz CT molecular complexity index is 1160. The molecule has 4 N–H and O–H groups in total. The number of nitrogens with one attached hydrogen (secondary N) is 2. The molecule has 2 aromatic rings.